The molecule has 2 aromatic rings. The van der Waals surface area contributed by atoms with Crippen molar-refractivity contribution < 1.29 is 13.9 Å². The number of amides is 1. The lowest BCUT2D eigenvalue weighted by atomic mass is 9.99. The largest absolute Gasteiger partial charge is 0.467 e. The number of aromatic nitrogens is 2. The van der Waals surface area contributed by atoms with Gasteiger partial charge in [0.1, 0.15) is 16.9 Å². The van der Waals surface area contributed by atoms with Gasteiger partial charge in [-0.25, -0.2) is 0 Å². The first-order chi connectivity index (χ1) is 11.7. The van der Waals surface area contributed by atoms with Crippen LogP contribution < -0.4 is 10.2 Å². The second kappa shape index (κ2) is 6.52. The summed E-state index contributed by atoms with van der Waals surface area (Å²) in [6.45, 7) is 3.27. The van der Waals surface area contributed by atoms with Crippen molar-refractivity contribution in [2.45, 2.75) is 51.0 Å². The Morgan fingerprint density at radius 3 is 3.08 bits per heavy atom. The molecule has 0 bridgehead atoms. The van der Waals surface area contributed by atoms with Gasteiger partial charge in [-0.1, -0.05) is 11.3 Å². The minimum atomic E-state index is -0.377. The van der Waals surface area contributed by atoms with Gasteiger partial charge in [-0.3, -0.25) is 4.79 Å². The second-order valence-electron chi connectivity index (χ2n) is 6.19. The molecule has 2 fully saturated rings. The lowest BCUT2D eigenvalue weighted by Gasteiger charge is -2.35. The number of hydrogen-bond acceptors (Lipinski definition) is 7. The van der Waals surface area contributed by atoms with E-state index < -0.39 is 0 Å². The Balaban J connectivity index is 1.34. The number of hydrogen-bond donors (Lipinski definition) is 1. The van der Waals surface area contributed by atoms with Crippen LogP contribution in [0.1, 0.15) is 30.0 Å². The van der Waals surface area contributed by atoms with Crippen LogP contribution in [0.4, 0.5) is 5.13 Å². The minimum absolute atomic E-state index is 0.0601. The molecule has 1 N–H and O–H groups in total. The number of carbonyl (C=O) groups excluding carboxylic acids is 1. The number of rotatable bonds is 4. The van der Waals surface area contributed by atoms with Gasteiger partial charge in [0.15, 0.2) is 0 Å². The van der Waals surface area contributed by atoms with Crippen LogP contribution in [0.25, 0.3) is 0 Å². The van der Waals surface area contributed by atoms with Crippen LogP contribution in [0, 0.1) is 6.92 Å². The van der Waals surface area contributed by atoms with Gasteiger partial charge in [0.05, 0.1) is 25.0 Å². The molecule has 0 radical (unpaired) electrons. The zero-order valence-corrected chi connectivity index (χ0v) is 14.3. The van der Waals surface area contributed by atoms with Crippen molar-refractivity contribution in [3.63, 3.8) is 0 Å². The minimum Gasteiger partial charge on any atom is -0.467 e. The summed E-state index contributed by atoms with van der Waals surface area (Å²) in [5.74, 6) is 0.686. The van der Waals surface area contributed by atoms with Gasteiger partial charge in [-0.05, 0) is 38.3 Å². The molecule has 3 atom stereocenters. The fourth-order valence-corrected chi connectivity index (χ4v) is 4.23. The van der Waals surface area contributed by atoms with Crippen LogP contribution in [-0.4, -0.2) is 40.9 Å². The SMILES string of the molecule is Cc1nnc(N2CC[C@@H]3O[C@@H](C(=O)NCc4ccco4)CC[C@@H]32)s1. The number of aryl methyl sites for hydroxylation is 1. The van der Waals surface area contributed by atoms with Gasteiger partial charge in [0.2, 0.25) is 11.0 Å². The third-order valence-electron chi connectivity index (χ3n) is 4.62. The van der Waals surface area contributed by atoms with E-state index in [1.165, 1.54) is 0 Å². The summed E-state index contributed by atoms with van der Waals surface area (Å²) in [6.07, 6.45) is 3.89. The Morgan fingerprint density at radius 1 is 1.42 bits per heavy atom. The van der Waals surface area contributed by atoms with E-state index >= 15 is 0 Å². The van der Waals surface area contributed by atoms with Crippen LogP contribution in [-0.2, 0) is 16.1 Å². The molecule has 2 saturated heterocycles. The quantitative estimate of drug-likeness (QED) is 0.909. The molecule has 128 valence electrons. The first-order valence-electron chi connectivity index (χ1n) is 8.23. The highest BCUT2D eigenvalue weighted by molar-refractivity contribution is 7.15. The molecule has 0 aliphatic carbocycles. The molecule has 2 aliphatic rings. The Bertz CT molecular complexity index is 702. The molecular weight excluding hydrogens is 328 g/mol. The lowest BCUT2D eigenvalue weighted by Crippen LogP contribution is -2.47. The van der Waals surface area contributed by atoms with Crippen LogP contribution in [0.5, 0.6) is 0 Å². The predicted octanol–water partition coefficient (Wildman–Crippen LogP) is 1.88. The van der Waals surface area contributed by atoms with E-state index in [1.807, 2.05) is 19.1 Å². The van der Waals surface area contributed by atoms with Crippen LogP contribution >= 0.6 is 11.3 Å². The molecular formula is C16H20N4O3S. The predicted molar refractivity (Wildman–Crippen MR) is 88.8 cm³/mol. The maximum absolute atomic E-state index is 12.3. The van der Waals surface area contributed by atoms with Crippen molar-refractivity contribution >= 4 is 22.4 Å². The fourth-order valence-electron chi connectivity index (χ4n) is 3.46. The summed E-state index contributed by atoms with van der Waals surface area (Å²) in [4.78, 5) is 14.6. The lowest BCUT2D eigenvalue weighted by molar-refractivity contribution is -0.141. The molecule has 2 aliphatic heterocycles. The van der Waals surface area contributed by atoms with Crippen molar-refractivity contribution in [2.75, 3.05) is 11.4 Å². The van der Waals surface area contributed by atoms with Gasteiger partial charge in [-0.15, -0.1) is 10.2 Å². The zero-order valence-electron chi connectivity index (χ0n) is 13.5. The summed E-state index contributed by atoms with van der Waals surface area (Å²) in [7, 11) is 0. The Morgan fingerprint density at radius 2 is 2.33 bits per heavy atom. The highest BCUT2D eigenvalue weighted by Gasteiger charge is 2.42. The highest BCUT2D eigenvalue weighted by Crippen LogP contribution is 2.35. The standard InChI is InChI=1S/C16H20N4O3S/c1-10-18-19-16(24-10)20-7-6-13-12(20)4-5-14(23-13)15(21)17-9-11-3-2-8-22-11/h2-3,8,12-14H,4-7,9H2,1H3,(H,17,21)/t12-,13-,14+/m0/s1. The van der Waals surface area contributed by atoms with Crippen LogP contribution in [0.2, 0.25) is 0 Å². The maximum atomic E-state index is 12.3. The Kier molecular flexibility index (Phi) is 4.24. The average molecular weight is 348 g/mol. The maximum Gasteiger partial charge on any atom is 0.249 e. The molecule has 1 amide bonds. The van der Waals surface area contributed by atoms with E-state index in [-0.39, 0.29) is 18.1 Å². The normalized spacial score (nSPS) is 26.4. The molecule has 0 unspecified atom stereocenters. The molecule has 0 saturated carbocycles. The van der Waals surface area contributed by atoms with Crippen molar-refractivity contribution in [1.82, 2.24) is 15.5 Å². The van der Waals surface area contributed by atoms with Gasteiger partial charge >= 0.3 is 0 Å². The van der Waals surface area contributed by atoms with Crippen molar-refractivity contribution in [1.29, 1.82) is 0 Å². The number of nitrogens with one attached hydrogen (secondary N) is 1. The molecule has 4 heterocycles. The van der Waals surface area contributed by atoms with E-state index in [4.69, 9.17) is 9.15 Å². The van der Waals surface area contributed by atoms with Gasteiger partial charge < -0.3 is 19.4 Å². The van der Waals surface area contributed by atoms with Crippen molar-refractivity contribution in [3.05, 3.63) is 29.2 Å². The fraction of sp³-hybridized carbons (Fsp3) is 0.562. The number of furan rings is 1. The van der Waals surface area contributed by atoms with Crippen molar-refractivity contribution in [3.8, 4) is 0 Å². The van der Waals surface area contributed by atoms with Gasteiger partial charge in [-0.2, -0.15) is 0 Å². The molecule has 2 aromatic heterocycles. The number of anilines is 1. The first kappa shape index (κ1) is 15.6. The van der Waals surface area contributed by atoms with E-state index in [1.54, 1.807) is 17.6 Å². The Hall–Kier alpha value is -1.93. The zero-order chi connectivity index (χ0) is 16.5. The molecule has 7 nitrogen and oxygen atoms in total. The first-order valence-corrected chi connectivity index (χ1v) is 9.04. The van der Waals surface area contributed by atoms with Gasteiger partial charge in [0.25, 0.3) is 0 Å². The van der Waals surface area contributed by atoms with E-state index in [2.05, 4.69) is 20.4 Å². The number of nitrogens with zero attached hydrogens (tertiary/aromatic N) is 3. The molecule has 0 aromatic carbocycles. The van der Waals surface area contributed by atoms with E-state index in [0.717, 1.165) is 41.7 Å². The van der Waals surface area contributed by atoms with Crippen LogP contribution in [0.3, 0.4) is 0 Å². The molecule has 0 spiro atoms. The summed E-state index contributed by atoms with van der Waals surface area (Å²) < 4.78 is 11.3. The number of ether oxygens (including phenoxy) is 1. The number of carbonyl (C=O) groups is 1. The summed E-state index contributed by atoms with van der Waals surface area (Å²) in [6, 6.07) is 3.95. The molecule has 8 heteroatoms. The molecule has 4 rings (SSSR count). The number of fused-ring (bicyclic) bond motifs is 1. The molecule has 24 heavy (non-hydrogen) atoms. The van der Waals surface area contributed by atoms with E-state index in [9.17, 15) is 4.79 Å². The highest BCUT2D eigenvalue weighted by atomic mass is 32.1. The summed E-state index contributed by atoms with van der Waals surface area (Å²) >= 11 is 1.61. The average Bonchev–Trinajstić information content (AvgIpc) is 3.32. The smallest absolute Gasteiger partial charge is 0.249 e. The third-order valence-corrected chi connectivity index (χ3v) is 5.49. The Labute approximate surface area is 144 Å². The monoisotopic (exact) mass is 348 g/mol. The van der Waals surface area contributed by atoms with Crippen molar-refractivity contribution in [2.24, 2.45) is 0 Å². The summed E-state index contributed by atoms with van der Waals surface area (Å²) in [5.41, 5.74) is 0. The van der Waals surface area contributed by atoms with Crippen LogP contribution in [0.15, 0.2) is 22.8 Å². The third kappa shape index (κ3) is 3.03. The van der Waals surface area contributed by atoms with E-state index in [0.29, 0.717) is 12.6 Å². The second-order valence-corrected chi connectivity index (χ2v) is 7.35. The van der Waals surface area contributed by atoms with Gasteiger partial charge in [0, 0.05) is 6.54 Å². The topological polar surface area (TPSA) is 80.5 Å². The summed E-state index contributed by atoms with van der Waals surface area (Å²) in [5, 5.41) is 13.2.